The molecule has 262 valence electrons. The van der Waals surface area contributed by atoms with Crippen LogP contribution in [-0.4, -0.2) is 9.13 Å². The molecule has 0 bridgehead atoms. The maximum atomic E-state index is 6.49. The minimum atomic E-state index is 0.325. The molecule has 4 nitrogen and oxygen atoms in total. The fourth-order valence-corrected chi connectivity index (χ4v) is 8.88. The van der Waals surface area contributed by atoms with Gasteiger partial charge in [0, 0.05) is 72.5 Å². The van der Waals surface area contributed by atoms with Gasteiger partial charge in [0.1, 0.15) is 11.2 Å². The quantitative estimate of drug-likeness (QED) is 0.172. The number of furan rings is 1. The van der Waals surface area contributed by atoms with Crippen molar-refractivity contribution in [2.75, 3.05) is 4.90 Å². The van der Waals surface area contributed by atoms with Crippen LogP contribution in [0.25, 0.3) is 82.4 Å². The lowest BCUT2D eigenvalue weighted by molar-refractivity contribution is 0.642. The molecule has 0 radical (unpaired) electrons. The number of benzene rings is 8. The Balaban J connectivity index is 1.16. The fourth-order valence-electron chi connectivity index (χ4n) is 8.88. The number of rotatable bonds is 6. The van der Waals surface area contributed by atoms with Crippen molar-refractivity contribution in [1.29, 1.82) is 0 Å². The highest BCUT2D eigenvalue weighted by molar-refractivity contribution is 6.17. The first-order valence-electron chi connectivity index (χ1n) is 19.0. The first-order valence-corrected chi connectivity index (χ1v) is 19.0. The smallest absolute Gasteiger partial charge is 0.137 e. The van der Waals surface area contributed by atoms with Gasteiger partial charge in [0.25, 0.3) is 0 Å². The van der Waals surface area contributed by atoms with E-state index in [0.29, 0.717) is 6.04 Å². The Bertz CT molecular complexity index is 3250. The predicted molar refractivity (Wildman–Crippen MR) is 232 cm³/mol. The van der Waals surface area contributed by atoms with Crippen molar-refractivity contribution in [3.05, 3.63) is 182 Å². The molecule has 3 heterocycles. The molecule has 11 rings (SSSR count). The van der Waals surface area contributed by atoms with E-state index in [1.807, 2.05) is 12.1 Å². The molecule has 0 saturated carbocycles. The van der Waals surface area contributed by atoms with E-state index in [9.17, 15) is 0 Å². The SMILES string of the molecule is CC(C)n1c2ccccc2c2ccc(-c3cccc(N(c4ccc5c(c4)oc4ccccc45)c4cccc5c4c4ccccc4n5-c4ccccc4)c3)cc21. The van der Waals surface area contributed by atoms with E-state index in [-0.39, 0.29) is 0 Å². The first-order chi connectivity index (χ1) is 27.1. The van der Waals surface area contributed by atoms with Crippen molar-refractivity contribution < 1.29 is 4.42 Å². The Hall–Kier alpha value is -7.04. The number of para-hydroxylation sites is 4. The van der Waals surface area contributed by atoms with Gasteiger partial charge in [0.15, 0.2) is 0 Å². The van der Waals surface area contributed by atoms with Crippen LogP contribution in [0, 0.1) is 0 Å². The first kappa shape index (κ1) is 31.5. The lowest BCUT2D eigenvalue weighted by atomic mass is 10.0. The van der Waals surface area contributed by atoms with Crippen LogP contribution < -0.4 is 4.90 Å². The molecule has 0 unspecified atom stereocenters. The second kappa shape index (κ2) is 12.3. The second-order valence-electron chi connectivity index (χ2n) is 14.7. The van der Waals surface area contributed by atoms with Crippen molar-refractivity contribution in [3.8, 4) is 16.8 Å². The lowest BCUT2D eigenvalue weighted by Crippen LogP contribution is -2.10. The van der Waals surface area contributed by atoms with Gasteiger partial charge in [-0.1, -0.05) is 103 Å². The molecule has 0 atom stereocenters. The standard InChI is InChI=1S/C51H37N3O/c1-33(2)52-44-21-9-6-18-39(44)40-28-26-35(31-48(40)52)34-14-12-17-37(30-34)53(38-27-29-42-41-19-8-11-25-49(41)55-50(42)32-38)46-23-13-24-47-51(46)43-20-7-10-22-45(43)54(47)36-15-4-3-5-16-36/h3-33H,1-2H3. The highest BCUT2D eigenvalue weighted by Gasteiger charge is 2.22. The van der Waals surface area contributed by atoms with Crippen molar-refractivity contribution >= 4 is 82.6 Å². The second-order valence-corrected chi connectivity index (χ2v) is 14.7. The molecule has 0 aliphatic carbocycles. The molecule has 0 aliphatic heterocycles. The number of nitrogens with zero attached hydrogens (tertiary/aromatic N) is 3. The summed E-state index contributed by atoms with van der Waals surface area (Å²) < 4.78 is 11.3. The Kier molecular flexibility index (Phi) is 7.02. The highest BCUT2D eigenvalue weighted by Crippen LogP contribution is 2.46. The maximum Gasteiger partial charge on any atom is 0.137 e. The van der Waals surface area contributed by atoms with E-state index in [1.54, 1.807) is 0 Å². The van der Waals surface area contributed by atoms with Crippen LogP contribution in [0.15, 0.2) is 186 Å². The summed E-state index contributed by atoms with van der Waals surface area (Å²) in [7, 11) is 0. The van der Waals surface area contributed by atoms with Crippen molar-refractivity contribution in [3.63, 3.8) is 0 Å². The summed E-state index contributed by atoms with van der Waals surface area (Å²) in [6.45, 7) is 4.54. The summed E-state index contributed by atoms with van der Waals surface area (Å²) >= 11 is 0. The van der Waals surface area contributed by atoms with E-state index < -0.39 is 0 Å². The molecular weight excluding hydrogens is 671 g/mol. The predicted octanol–water partition coefficient (Wildman–Crippen LogP) is 14.5. The maximum absolute atomic E-state index is 6.49. The third kappa shape index (κ3) is 4.85. The van der Waals surface area contributed by atoms with Gasteiger partial charge in [-0.15, -0.1) is 0 Å². The Morgan fingerprint density at radius 1 is 0.436 bits per heavy atom. The molecule has 0 spiro atoms. The monoisotopic (exact) mass is 707 g/mol. The molecule has 8 aromatic carbocycles. The van der Waals surface area contributed by atoms with Crippen molar-refractivity contribution in [2.45, 2.75) is 19.9 Å². The summed E-state index contributed by atoms with van der Waals surface area (Å²) in [6, 6.07) is 66.0. The third-order valence-electron chi connectivity index (χ3n) is 11.2. The number of hydrogen-bond donors (Lipinski definition) is 0. The molecule has 0 aliphatic rings. The zero-order chi connectivity index (χ0) is 36.6. The molecule has 4 heteroatoms. The Labute approximate surface area is 318 Å². The van der Waals surface area contributed by atoms with Crippen molar-refractivity contribution in [2.24, 2.45) is 0 Å². The number of hydrogen-bond acceptors (Lipinski definition) is 2. The highest BCUT2D eigenvalue weighted by atomic mass is 16.3. The van der Waals surface area contributed by atoms with E-state index in [0.717, 1.165) is 55.8 Å². The third-order valence-corrected chi connectivity index (χ3v) is 11.2. The van der Waals surface area contributed by atoms with Crippen LogP contribution in [-0.2, 0) is 0 Å². The molecule has 0 fully saturated rings. The normalized spacial score (nSPS) is 12.0. The summed E-state index contributed by atoms with van der Waals surface area (Å²) in [5.41, 5.74) is 13.3. The molecule has 11 aromatic rings. The molecule has 0 amide bonds. The van der Waals surface area contributed by atoms with Crippen LogP contribution in [0.3, 0.4) is 0 Å². The van der Waals surface area contributed by atoms with Gasteiger partial charge in [0.05, 0.1) is 16.7 Å². The summed E-state index contributed by atoms with van der Waals surface area (Å²) in [4.78, 5) is 2.41. The zero-order valence-corrected chi connectivity index (χ0v) is 30.6. The van der Waals surface area contributed by atoms with Crippen LogP contribution in [0.5, 0.6) is 0 Å². The van der Waals surface area contributed by atoms with E-state index in [2.05, 4.69) is 198 Å². The van der Waals surface area contributed by atoms with E-state index >= 15 is 0 Å². The van der Waals surface area contributed by atoms with Gasteiger partial charge in [-0.05, 0) is 97.8 Å². The zero-order valence-electron chi connectivity index (χ0n) is 30.6. The number of fused-ring (bicyclic) bond motifs is 9. The van der Waals surface area contributed by atoms with Gasteiger partial charge in [0.2, 0.25) is 0 Å². The Morgan fingerprint density at radius 2 is 1.07 bits per heavy atom. The molecule has 0 saturated heterocycles. The minimum absolute atomic E-state index is 0.325. The molecule has 55 heavy (non-hydrogen) atoms. The average molecular weight is 708 g/mol. The summed E-state index contributed by atoms with van der Waals surface area (Å²) in [5.74, 6) is 0. The molecule has 3 aromatic heterocycles. The van der Waals surface area contributed by atoms with Crippen molar-refractivity contribution in [1.82, 2.24) is 9.13 Å². The van der Waals surface area contributed by atoms with E-state index in [4.69, 9.17) is 4.42 Å². The van der Waals surface area contributed by atoms with E-state index in [1.165, 1.54) is 43.7 Å². The van der Waals surface area contributed by atoms with Gasteiger partial charge in [-0.3, -0.25) is 0 Å². The van der Waals surface area contributed by atoms with Crippen LogP contribution in [0.1, 0.15) is 19.9 Å². The van der Waals surface area contributed by atoms with Crippen LogP contribution in [0.2, 0.25) is 0 Å². The van der Waals surface area contributed by atoms with Gasteiger partial charge in [-0.2, -0.15) is 0 Å². The molecular formula is C51H37N3O. The van der Waals surface area contributed by atoms with Gasteiger partial charge < -0.3 is 18.5 Å². The summed E-state index contributed by atoms with van der Waals surface area (Å²) in [6.07, 6.45) is 0. The summed E-state index contributed by atoms with van der Waals surface area (Å²) in [5, 5.41) is 7.21. The fraction of sp³-hybridized carbons (Fsp3) is 0.0588. The van der Waals surface area contributed by atoms with Crippen LogP contribution in [0.4, 0.5) is 17.1 Å². The van der Waals surface area contributed by atoms with Gasteiger partial charge in [-0.25, -0.2) is 0 Å². The lowest BCUT2D eigenvalue weighted by Gasteiger charge is -2.27. The average Bonchev–Trinajstić information content (AvgIpc) is 3.89. The topological polar surface area (TPSA) is 26.2 Å². The largest absolute Gasteiger partial charge is 0.456 e. The molecule has 0 N–H and O–H groups in total. The number of aromatic nitrogens is 2. The Morgan fingerprint density at radius 3 is 1.93 bits per heavy atom. The minimum Gasteiger partial charge on any atom is -0.456 e. The number of anilines is 3. The van der Waals surface area contributed by atoms with Crippen LogP contribution >= 0.6 is 0 Å². The van der Waals surface area contributed by atoms with Gasteiger partial charge >= 0.3 is 0 Å².